The van der Waals surface area contributed by atoms with Gasteiger partial charge in [-0.15, -0.1) is 0 Å². The van der Waals surface area contributed by atoms with E-state index in [4.69, 9.17) is 0 Å². The van der Waals surface area contributed by atoms with E-state index in [1.54, 1.807) is 22.8 Å². The molecule has 3 aromatic rings. The molecule has 0 spiro atoms. The van der Waals surface area contributed by atoms with Crippen LogP contribution in [-0.4, -0.2) is 57.6 Å². The lowest BCUT2D eigenvalue weighted by atomic mass is 10.0. The molecule has 0 unspecified atom stereocenters. The summed E-state index contributed by atoms with van der Waals surface area (Å²) in [5.41, 5.74) is 2.25. The minimum atomic E-state index is -1.20. The number of aromatic nitrogens is 1. The van der Waals surface area contributed by atoms with Crippen molar-refractivity contribution in [1.29, 1.82) is 0 Å². The zero-order valence-corrected chi connectivity index (χ0v) is 19.6. The number of nitrogens with one attached hydrogen (secondary N) is 2. The van der Waals surface area contributed by atoms with Crippen molar-refractivity contribution in [2.45, 2.75) is 25.6 Å². The van der Waals surface area contributed by atoms with Crippen LogP contribution in [0.15, 0.2) is 67.3 Å². The first-order valence-corrected chi connectivity index (χ1v) is 11.0. The Morgan fingerprint density at radius 3 is 2.67 bits per heavy atom. The summed E-state index contributed by atoms with van der Waals surface area (Å²) in [6, 6.07) is 15.9. The van der Waals surface area contributed by atoms with E-state index in [1.165, 1.54) is 13.0 Å². The molecule has 0 aliphatic carbocycles. The molecule has 0 bridgehead atoms. The van der Waals surface area contributed by atoms with Gasteiger partial charge in [0, 0.05) is 16.6 Å². The third-order valence-electron chi connectivity index (χ3n) is 5.25. The van der Waals surface area contributed by atoms with Crippen LogP contribution in [0.2, 0.25) is 0 Å². The second-order valence-electron chi connectivity index (χ2n) is 7.81. The molecule has 2 atom stereocenters. The first kappa shape index (κ1) is 24.3. The molecule has 33 heavy (non-hydrogen) atoms. The number of nitrogens with zero attached hydrogens (tertiary/aromatic N) is 2. The molecular formula is C25H26FN4O2Si. The van der Waals surface area contributed by atoms with Crippen molar-refractivity contribution in [3.8, 4) is 11.3 Å². The average molecular weight is 462 g/mol. The van der Waals surface area contributed by atoms with Crippen molar-refractivity contribution in [2.75, 3.05) is 18.9 Å². The molecule has 0 fully saturated rings. The summed E-state index contributed by atoms with van der Waals surface area (Å²) in [7, 11) is 5.17. The molecule has 3 radical (unpaired) electrons. The van der Waals surface area contributed by atoms with Gasteiger partial charge in [-0.1, -0.05) is 36.9 Å². The number of hydrogen-bond donors (Lipinski definition) is 2. The lowest BCUT2D eigenvalue weighted by Crippen LogP contribution is -2.42. The van der Waals surface area contributed by atoms with Crippen LogP contribution in [0, 0.1) is 0 Å². The molecule has 2 amide bonds. The maximum atomic E-state index is 14.0. The second kappa shape index (κ2) is 11.0. The molecule has 2 aromatic carbocycles. The minimum Gasteiger partial charge on any atom is -0.345 e. The summed E-state index contributed by atoms with van der Waals surface area (Å²) in [4.78, 5) is 29.1. The summed E-state index contributed by atoms with van der Waals surface area (Å²) in [5, 5.41) is 7.35. The number of anilines is 1. The van der Waals surface area contributed by atoms with Gasteiger partial charge in [0.05, 0.1) is 11.7 Å². The van der Waals surface area contributed by atoms with Crippen molar-refractivity contribution in [3.63, 3.8) is 0 Å². The van der Waals surface area contributed by atoms with Gasteiger partial charge in [-0.3, -0.25) is 9.59 Å². The summed E-state index contributed by atoms with van der Waals surface area (Å²) < 4.78 is 15.8. The number of rotatable bonds is 9. The number of hydrogen-bond acceptors (Lipinski definition) is 4. The SMILES string of the molecule is C=CC(=O)Nc1cccc2ccc(-c3cccc(C(=O)N[C@H](CCN(C)[Si])[C@H](C)F)n3)cc12. The van der Waals surface area contributed by atoms with E-state index >= 15 is 0 Å². The number of halogens is 1. The topological polar surface area (TPSA) is 74.3 Å². The largest absolute Gasteiger partial charge is 0.345 e. The monoisotopic (exact) mass is 461 g/mol. The van der Waals surface area contributed by atoms with E-state index < -0.39 is 18.1 Å². The van der Waals surface area contributed by atoms with Gasteiger partial charge in [-0.25, -0.2) is 9.37 Å². The van der Waals surface area contributed by atoms with E-state index in [0.29, 0.717) is 24.3 Å². The van der Waals surface area contributed by atoms with Crippen LogP contribution in [0.4, 0.5) is 10.1 Å². The Morgan fingerprint density at radius 2 is 1.97 bits per heavy atom. The van der Waals surface area contributed by atoms with Crippen molar-refractivity contribution < 1.29 is 14.0 Å². The van der Waals surface area contributed by atoms with Gasteiger partial charge in [-0.05, 0) is 62.7 Å². The molecule has 6 nitrogen and oxygen atoms in total. The molecule has 8 heteroatoms. The quantitative estimate of drug-likeness (QED) is 0.375. The Hall–Kier alpha value is -3.36. The normalized spacial score (nSPS) is 12.9. The fourth-order valence-corrected chi connectivity index (χ4v) is 3.57. The Bertz CT molecular complexity index is 1170. The zero-order valence-electron chi connectivity index (χ0n) is 18.6. The van der Waals surface area contributed by atoms with Crippen LogP contribution in [0.5, 0.6) is 0 Å². The number of fused-ring (bicyclic) bond motifs is 1. The molecule has 169 valence electrons. The maximum Gasteiger partial charge on any atom is 0.270 e. The van der Waals surface area contributed by atoms with Crippen molar-refractivity contribution in [1.82, 2.24) is 14.9 Å². The Morgan fingerprint density at radius 1 is 1.21 bits per heavy atom. The summed E-state index contributed by atoms with van der Waals surface area (Å²) in [6.45, 7) is 5.50. The number of amides is 2. The van der Waals surface area contributed by atoms with Crippen molar-refractivity contribution in [2.24, 2.45) is 0 Å². The maximum absolute atomic E-state index is 14.0. The third-order valence-corrected chi connectivity index (χ3v) is 5.47. The predicted octanol–water partition coefficient (Wildman–Crippen LogP) is 3.89. The lowest BCUT2D eigenvalue weighted by Gasteiger charge is -2.21. The second-order valence-corrected chi connectivity index (χ2v) is 8.57. The molecule has 0 saturated heterocycles. The van der Waals surface area contributed by atoms with Crippen molar-refractivity contribution >= 4 is 38.7 Å². The van der Waals surface area contributed by atoms with Crippen molar-refractivity contribution in [3.05, 3.63) is 72.9 Å². The molecule has 1 aromatic heterocycles. The lowest BCUT2D eigenvalue weighted by molar-refractivity contribution is -0.111. The highest BCUT2D eigenvalue weighted by Gasteiger charge is 2.21. The van der Waals surface area contributed by atoms with Gasteiger partial charge < -0.3 is 15.2 Å². The third kappa shape index (κ3) is 6.33. The van der Waals surface area contributed by atoms with E-state index in [9.17, 15) is 14.0 Å². The standard InChI is InChI=1S/C25H26FN4O2Si/c1-4-24(31)28-22-9-5-7-17-11-12-18(15-19(17)22)21-8-6-10-23(27-21)25(32)29-20(16(2)26)13-14-30(3)33/h4-12,15-16,20H,1,13-14H2,2-3H3,(H,28,31)(H,29,32)/t16-,20+/m0/s1. The van der Waals surface area contributed by atoms with Gasteiger partial charge in [0.25, 0.3) is 5.91 Å². The first-order chi connectivity index (χ1) is 15.8. The smallest absolute Gasteiger partial charge is 0.270 e. The number of benzene rings is 2. The zero-order chi connectivity index (χ0) is 24.0. The summed E-state index contributed by atoms with van der Waals surface area (Å²) in [6.07, 6.45) is 0.467. The van der Waals surface area contributed by atoms with Crippen LogP contribution < -0.4 is 10.6 Å². The van der Waals surface area contributed by atoms with Crippen LogP contribution in [0.3, 0.4) is 0 Å². The van der Waals surface area contributed by atoms with Crippen LogP contribution in [0.25, 0.3) is 22.0 Å². The van der Waals surface area contributed by atoms with Crippen LogP contribution in [0.1, 0.15) is 23.8 Å². The minimum absolute atomic E-state index is 0.207. The number of carbonyl (C=O) groups excluding carboxylic acids is 2. The first-order valence-electron chi connectivity index (χ1n) is 10.6. The van der Waals surface area contributed by atoms with E-state index in [1.807, 2.05) is 43.4 Å². The fourth-order valence-electron chi connectivity index (χ4n) is 3.44. The summed E-state index contributed by atoms with van der Waals surface area (Å²) in [5.74, 6) is -0.727. The van der Waals surface area contributed by atoms with Gasteiger partial charge in [-0.2, -0.15) is 0 Å². The van der Waals surface area contributed by atoms with Gasteiger partial charge in [0.1, 0.15) is 22.3 Å². The molecule has 0 aliphatic rings. The number of carbonyl (C=O) groups is 2. The highest BCUT2D eigenvalue weighted by molar-refractivity contribution is 6.06. The van der Waals surface area contributed by atoms with E-state index in [-0.39, 0.29) is 11.6 Å². The van der Waals surface area contributed by atoms with Gasteiger partial charge >= 0.3 is 0 Å². The number of alkyl halides is 1. The molecule has 0 saturated carbocycles. The Labute approximate surface area is 196 Å². The highest BCUT2D eigenvalue weighted by atomic mass is 28.2. The van der Waals surface area contributed by atoms with E-state index in [0.717, 1.165) is 16.3 Å². The fraction of sp³-hybridized carbons (Fsp3) is 0.240. The van der Waals surface area contributed by atoms with Gasteiger partial charge in [0.15, 0.2) is 0 Å². The number of pyridine rings is 1. The molecule has 2 N–H and O–H groups in total. The van der Waals surface area contributed by atoms with E-state index in [2.05, 4.69) is 32.6 Å². The molecular weight excluding hydrogens is 435 g/mol. The Balaban J connectivity index is 1.88. The molecule has 3 rings (SSSR count). The van der Waals surface area contributed by atoms with Crippen LogP contribution in [-0.2, 0) is 4.79 Å². The summed E-state index contributed by atoms with van der Waals surface area (Å²) >= 11 is 0. The predicted molar refractivity (Wildman–Crippen MR) is 131 cm³/mol. The Kier molecular flexibility index (Phi) is 8.08. The highest BCUT2D eigenvalue weighted by Crippen LogP contribution is 2.28. The van der Waals surface area contributed by atoms with Gasteiger partial charge in [0.2, 0.25) is 5.91 Å². The van der Waals surface area contributed by atoms with Crippen LogP contribution >= 0.6 is 0 Å². The average Bonchev–Trinajstić information content (AvgIpc) is 2.81. The molecule has 1 heterocycles. The molecule has 0 aliphatic heterocycles.